The van der Waals surface area contributed by atoms with E-state index in [1.807, 2.05) is 0 Å². The van der Waals surface area contributed by atoms with Gasteiger partial charge in [0.15, 0.2) is 5.11 Å². The van der Waals surface area contributed by atoms with E-state index in [0.29, 0.717) is 6.04 Å². The van der Waals surface area contributed by atoms with Crippen LogP contribution in [0.15, 0.2) is 0 Å². The molecule has 2 aliphatic rings. The van der Waals surface area contributed by atoms with Crippen LogP contribution in [0.1, 0.15) is 46.5 Å². The molecule has 0 unspecified atom stereocenters. The van der Waals surface area contributed by atoms with E-state index in [1.54, 1.807) is 0 Å². The Bertz CT molecular complexity index is 288. The molecule has 0 radical (unpaired) electrons. The molecule has 4 atom stereocenters. The molecule has 2 fully saturated rings. The van der Waals surface area contributed by atoms with Crippen LogP contribution in [0.25, 0.3) is 0 Å². The molecule has 0 spiro atoms. The van der Waals surface area contributed by atoms with Gasteiger partial charge in [-0.15, -0.1) is 0 Å². The minimum Gasteiger partial charge on any atom is -0.372 e. The van der Waals surface area contributed by atoms with Crippen molar-refractivity contribution in [3.63, 3.8) is 0 Å². The van der Waals surface area contributed by atoms with Gasteiger partial charge in [-0.3, -0.25) is 0 Å². The minimum absolute atomic E-state index is 0.275. The Hall–Kier alpha value is -0.350. The van der Waals surface area contributed by atoms with Gasteiger partial charge in [-0.05, 0) is 44.8 Å². The average Bonchev–Trinajstić information content (AvgIpc) is 2.31. The molecule has 0 aromatic rings. The predicted octanol–water partition coefficient (Wildman–Crippen LogP) is 2.55. The molecule has 1 heterocycles. The number of hydrogen-bond acceptors (Lipinski definition) is 2. The fourth-order valence-corrected chi connectivity index (χ4v) is 3.42. The van der Waals surface area contributed by atoms with Gasteiger partial charge in [-0.2, -0.15) is 0 Å². The number of rotatable bonds is 1. The summed E-state index contributed by atoms with van der Waals surface area (Å²) in [4.78, 5) is 2.27. The Labute approximate surface area is 116 Å². The summed E-state index contributed by atoms with van der Waals surface area (Å²) >= 11 is 5.57. The van der Waals surface area contributed by atoms with Gasteiger partial charge in [0.1, 0.15) is 0 Å². The van der Waals surface area contributed by atoms with Crippen LogP contribution in [0.4, 0.5) is 0 Å². The quantitative estimate of drug-likeness (QED) is 0.740. The molecular weight excluding hydrogens is 244 g/mol. The predicted molar refractivity (Wildman–Crippen MR) is 78.7 cm³/mol. The first-order valence-corrected chi connectivity index (χ1v) is 7.68. The van der Waals surface area contributed by atoms with Crippen LogP contribution in [0.3, 0.4) is 0 Å². The topological polar surface area (TPSA) is 24.5 Å². The summed E-state index contributed by atoms with van der Waals surface area (Å²) in [6.07, 6.45) is 5.85. The lowest BCUT2D eigenvalue weighted by Crippen LogP contribution is -2.54. The largest absolute Gasteiger partial charge is 0.372 e. The van der Waals surface area contributed by atoms with Crippen LogP contribution in [-0.2, 0) is 4.74 Å². The zero-order valence-electron chi connectivity index (χ0n) is 11.8. The van der Waals surface area contributed by atoms with E-state index in [9.17, 15) is 0 Å². The monoisotopic (exact) mass is 270 g/mol. The van der Waals surface area contributed by atoms with E-state index < -0.39 is 0 Å². The third-order valence-corrected chi connectivity index (χ3v) is 4.50. The van der Waals surface area contributed by atoms with Crippen LogP contribution in [-0.4, -0.2) is 41.4 Å². The lowest BCUT2D eigenvalue weighted by Gasteiger charge is -2.39. The molecule has 1 aliphatic heterocycles. The fourth-order valence-electron chi connectivity index (χ4n) is 3.12. The second kappa shape index (κ2) is 6.20. The van der Waals surface area contributed by atoms with E-state index >= 15 is 0 Å². The molecule has 3 nitrogen and oxygen atoms in total. The SMILES string of the molecule is C[C@@H]1CN(C(=S)N[C@@H]2CCCC[C@H]2C)C[C@@H](C)O1. The Balaban J connectivity index is 1.86. The highest BCUT2D eigenvalue weighted by Gasteiger charge is 2.27. The van der Waals surface area contributed by atoms with Crippen molar-refractivity contribution in [1.29, 1.82) is 0 Å². The van der Waals surface area contributed by atoms with Crippen LogP contribution in [0.5, 0.6) is 0 Å². The standard InChI is InChI=1S/C14H26N2OS/c1-10-6-4-5-7-13(10)15-14(18)16-8-11(2)17-12(3)9-16/h10-13H,4-9H2,1-3H3,(H,15,18)/t10-,11-,12-,13-/m1/s1. The Morgan fingerprint density at radius 2 is 1.72 bits per heavy atom. The van der Waals surface area contributed by atoms with Gasteiger partial charge >= 0.3 is 0 Å². The van der Waals surface area contributed by atoms with E-state index in [-0.39, 0.29) is 12.2 Å². The zero-order valence-corrected chi connectivity index (χ0v) is 12.6. The van der Waals surface area contributed by atoms with Gasteiger partial charge in [-0.25, -0.2) is 0 Å². The second-order valence-electron chi connectivity index (χ2n) is 5.98. The molecule has 0 aromatic heterocycles. The zero-order chi connectivity index (χ0) is 13.1. The third kappa shape index (κ3) is 3.58. The van der Waals surface area contributed by atoms with Crippen LogP contribution in [0.2, 0.25) is 0 Å². The lowest BCUT2D eigenvalue weighted by atomic mass is 9.86. The van der Waals surface area contributed by atoms with Crippen molar-refractivity contribution < 1.29 is 4.74 Å². The highest BCUT2D eigenvalue weighted by Crippen LogP contribution is 2.24. The fraction of sp³-hybridized carbons (Fsp3) is 0.929. The molecule has 104 valence electrons. The number of hydrogen-bond donors (Lipinski definition) is 1. The maximum Gasteiger partial charge on any atom is 0.169 e. The first-order chi connectivity index (χ1) is 8.56. The van der Waals surface area contributed by atoms with Crippen molar-refractivity contribution >= 4 is 17.3 Å². The van der Waals surface area contributed by atoms with Crippen LogP contribution in [0, 0.1) is 5.92 Å². The van der Waals surface area contributed by atoms with Crippen molar-refractivity contribution in [1.82, 2.24) is 10.2 Å². The first-order valence-electron chi connectivity index (χ1n) is 7.27. The number of thiocarbonyl (C=S) groups is 1. The summed E-state index contributed by atoms with van der Waals surface area (Å²) in [5.41, 5.74) is 0. The number of ether oxygens (including phenoxy) is 1. The maximum absolute atomic E-state index is 5.75. The maximum atomic E-state index is 5.75. The average molecular weight is 270 g/mol. The normalized spacial score (nSPS) is 37.4. The number of morpholine rings is 1. The number of nitrogens with zero attached hydrogens (tertiary/aromatic N) is 1. The summed E-state index contributed by atoms with van der Waals surface area (Å²) in [5.74, 6) is 0.743. The molecule has 1 N–H and O–H groups in total. The van der Waals surface area contributed by atoms with Crippen molar-refractivity contribution in [2.45, 2.75) is 64.7 Å². The van der Waals surface area contributed by atoms with E-state index in [0.717, 1.165) is 24.1 Å². The molecule has 1 saturated carbocycles. The first kappa shape index (κ1) is 14.1. The van der Waals surface area contributed by atoms with E-state index in [2.05, 4.69) is 31.0 Å². The molecule has 0 amide bonds. The van der Waals surface area contributed by atoms with Crippen LogP contribution >= 0.6 is 12.2 Å². The van der Waals surface area contributed by atoms with Crippen molar-refractivity contribution in [2.75, 3.05) is 13.1 Å². The van der Waals surface area contributed by atoms with Crippen molar-refractivity contribution in [2.24, 2.45) is 5.92 Å². The molecule has 18 heavy (non-hydrogen) atoms. The van der Waals surface area contributed by atoms with Crippen LogP contribution < -0.4 is 5.32 Å². The summed E-state index contributed by atoms with van der Waals surface area (Å²) < 4.78 is 5.75. The Kier molecular flexibility index (Phi) is 4.84. The third-order valence-electron chi connectivity index (χ3n) is 4.13. The smallest absolute Gasteiger partial charge is 0.169 e. The highest BCUT2D eigenvalue weighted by molar-refractivity contribution is 7.80. The molecule has 0 aromatic carbocycles. The number of nitrogens with one attached hydrogen (secondary N) is 1. The molecular formula is C14H26N2OS. The Morgan fingerprint density at radius 1 is 1.11 bits per heavy atom. The van der Waals surface area contributed by atoms with Gasteiger partial charge in [0.2, 0.25) is 0 Å². The summed E-state index contributed by atoms with van der Waals surface area (Å²) in [7, 11) is 0. The second-order valence-corrected chi connectivity index (χ2v) is 6.37. The highest BCUT2D eigenvalue weighted by atomic mass is 32.1. The van der Waals surface area contributed by atoms with Gasteiger partial charge in [0.25, 0.3) is 0 Å². The molecule has 4 heteroatoms. The molecule has 0 bridgehead atoms. The Morgan fingerprint density at radius 3 is 2.33 bits per heavy atom. The van der Waals surface area contributed by atoms with Gasteiger partial charge in [-0.1, -0.05) is 19.8 Å². The molecule has 2 rings (SSSR count). The van der Waals surface area contributed by atoms with Gasteiger partial charge in [0, 0.05) is 19.1 Å². The lowest BCUT2D eigenvalue weighted by molar-refractivity contribution is -0.0484. The van der Waals surface area contributed by atoms with E-state index in [1.165, 1.54) is 25.7 Å². The summed E-state index contributed by atoms with van der Waals surface area (Å²) in [5, 5.41) is 4.51. The molecule has 1 saturated heterocycles. The van der Waals surface area contributed by atoms with E-state index in [4.69, 9.17) is 17.0 Å². The van der Waals surface area contributed by atoms with Crippen molar-refractivity contribution in [3.05, 3.63) is 0 Å². The van der Waals surface area contributed by atoms with Crippen molar-refractivity contribution in [3.8, 4) is 0 Å². The molecule has 1 aliphatic carbocycles. The van der Waals surface area contributed by atoms with Gasteiger partial charge in [0.05, 0.1) is 12.2 Å². The summed E-state index contributed by atoms with van der Waals surface area (Å²) in [6, 6.07) is 0.569. The minimum atomic E-state index is 0.275. The van der Waals surface area contributed by atoms with Gasteiger partial charge < -0.3 is 15.0 Å². The summed E-state index contributed by atoms with van der Waals surface area (Å²) in [6.45, 7) is 8.40.